The summed E-state index contributed by atoms with van der Waals surface area (Å²) >= 11 is 0. The molecule has 2 rings (SSSR count). The number of hydrogen-bond acceptors (Lipinski definition) is 5. The number of para-hydroxylation sites is 1. The fourth-order valence-electron chi connectivity index (χ4n) is 2.50. The SMILES string of the molecule is CCC(NC(=O)c1ccnc(C(=O)O)c1)c1ccccc1OCC(=O)N(C)C. The number of carboxylic acid groups (broad SMARTS) is 1. The number of aromatic carboxylic acids is 1. The summed E-state index contributed by atoms with van der Waals surface area (Å²) in [5.74, 6) is -1.29. The van der Waals surface area contributed by atoms with E-state index < -0.39 is 11.9 Å². The lowest BCUT2D eigenvalue weighted by Crippen LogP contribution is -2.30. The number of carbonyl (C=O) groups excluding carboxylic acids is 2. The number of pyridine rings is 1. The van der Waals surface area contributed by atoms with E-state index in [0.717, 1.165) is 5.56 Å². The van der Waals surface area contributed by atoms with Crippen molar-refractivity contribution in [2.24, 2.45) is 0 Å². The molecule has 0 fully saturated rings. The van der Waals surface area contributed by atoms with E-state index in [1.54, 1.807) is 26.2 Å². The lowest BCUT2D eigenvalue weighted by molar-refractivity contribution is -0.130. The highest BCUT2D eigenvalue weighted by Crippen LogP contribution is 2.27. The van der Waals surface area contributed by atoms with Crippen LogP contribution in [0.3, 0.4) is 0 Å². The lowest BCUT2D eigenvalue weighted by atomic mass is 10.0. The Morgan fingerprint density at radius 1 is 1.21 bits per heavy atom. The van der Waals surface area contributed by atoms with E-state index in [1.165, 1.54) is 23.2 Å². The quantitative estimate of drug-likeness (QED) is 0.721. The highest BCUT2D eigenvalue weighted by molar-refractivity contribution is 5.96. The minimum Gasteiger partial charge on any atom is -0.483 e. The van der Waals surface area contributed by atoms with Crippen LogP contribution < -0.4 is 10.1 Å². The van der Waals surface area contributed by atoms with Crippen LogP contribution >= 0.6 is 0 Å². The summed E-state index contributed by atoms with van der Waals surface area (Å²) in [5.41, 5.74) is 0.732. The van der Waals surface area contributed by atoms with Gasteiger partial charge in [0.1, 0.15) is 11.4 Å². The topological polar surface area (TPSA) is 109 Å². The molecule has 28 heavy (non-hydrogen) atoms. The minimum atomic E-state index is -1.20. The van der Waals surface area contributed by atoms with Crippen molar-refractivity contribution in [3.63, 3.8) is 0 Å². The van der Waals surface area contributed by atoms with Crippen LogP contribution in [-0.4, -0.2) is 53.5 Å². The zero-order valence-corrected chi connectivity index (χ0v) is 16.0. The normalized spacial score (nSPS) is 11.4. The zero-order chi connectivity index (χ0) is 20.7. The summed E-state index contributed by atoms with van der Waals surface area (Å²) in [6, 6.07) is 9.46. The molecule has 0 spiro atoms. The van der Waals surface area contributed by atoms with Crippen LogP contribution in [0.4, 0.5) is 0 Å². The maximum atomic E-state index is 12.6. The fraction of sp³-hybridized carbons (Fsp3) is 0.300. The first-order valence-corrected chi connectivity index (χ1v) is 8.75. The number of carboxylic acids is 1. The first-order chi connectivity index (χ1) is 13.3. The van der Waals surface area contributed by atoms with Crippen molar-refractivity contribution in [1.82, 2.24) is 15.2 Å². The fourth-order valence-corrected chi connectivity index (χ4v) is 2.50. The number of hydrogen-bond donors (Lipinski definition) is 2. The van der Waals surface area contributed by atoms with E-state index in [0.29, 0.717) is 12.2 Å². The van der Waals surface area contributed by atoms with E-state index in [4.69, 9.17) is 9.84 Å². The number of nitrogens with zero attached hydrogens (tertiary/aromatic N) is 2. The molecule has 0 aliphatic carbocycles. The van der Waals surface area contributed by atoms with E-state index >= 15 is 0 Å². The molecule has 8 nitrogen and oxygen atoms in total. The summed E-state index contributed by atoms with van der Waals surface area (Å²) < 4.78 is 5.65. The van der Waals surface area contributed by atoms with Gasteiger partial charge in [-0.2, -0.15) is 0 Å². The van der Waals surface area contributed by atoms with Crippen molar-refractivity contribution in [3.8, 4) is 5.75 Å². The number of aromatic nitrogens is 1. The second kappa shape index (κ2) is 9.50. The molecule has 1 aromatic carbocycles. The maximum absolute atomic E-state index is 12.6. The van der Waals surface area contributed by atoms with E-state index in [2.05, 4.69) is 10.3 Å². The molecule has 0 saturated heterocycles. The number of ether oxygens (including phenoxy) is 1. The van der Waals surface area contributed by atoms with Crippen molar-refractivity contribution in [1.29, 1.82) is 0 Å². The summed E-state index contributed by atoms with van der Waals surface area (Å²) in [6.45, 7) is 1.79. The van der Waals surface area contributed by atoms with Crippen LogP contribution in [0.2, 0.25) is 0 Å². The molecule has 8 heteroatoms. The Labute approximate surface area is 163 Å². The monoisotopic (exact) mass is 385 g/mol. The molecular weight excluding hydrogens is 362 g/mol. The van der Waals surface area contributed by atoms with Crippen LogP contribution in [0.25, 0.3) is 0 Å². The molecule has 1 atom stereocenters. The molecule has 0 aliphatic rings. The van der Waals surface area contributed by atoms with Gasteiger partial charge < -0.3 is 20.1 Å². The van der Waals surface area contributed by atoms with Crippen LogP contribution in [0.5, 0.6) is 5.75 Å². The van der Waals surface area contributed by atoms with E-state index in [-0.39, 0.29) is 29.8 Å². The molecule has 1 unspecified atom stereocenters. The van der Waals surface area contributed by atoms with Crippen LogP contribution in [0, 0.1) is 0 Å². The molecule has 2 amide bonds. The van der Waals surface area contributed by atoms with Crippen molar-refractivity contribution in [2.75, 3.05) is 20.7 Å². The van der Waals surface area contributed by atoms with Gasteiger partial charge in [0.05, 0.1) is 6.04 Å². The predicted molar refractivity (Wildman–Crippen MR) is 102 cm³/mol. The number of carbonyl (C=O) groups is 3. The Kier molecular flexibility index (Phi) is 7.08. The first-order valence-electron chi connectivity index (χ1n) is 8.75. The van der Waals surface area contributed by atoms with Crippen molar-refractivity contribution < 1.29 is 24.2 Å². The molecular formula is C20H23N3O5. The van der Waals surface area contributed by atoms with Gasteiger partial charge in [0, 0.05) is 31.4 Å². The molecule has 2 N–H and O–H groups in total. The predicted octanol–water partition coefficient (Wildman–Crippen LogP) is 2.13. The first kappa shape index (κ1) is 20.9. The minimum absolute atomic E-state index is 0.110. The number of rotatable bonds is 8. The summed E-state index contributed by atoms with van der Waals surface area (Å²) in [5, 5.41) is 11.9. The Hall–Kier alpha value is -3.42. The molecule has 0 bridgehead atoms. The number of amides is 2. The summed E-state index contributed by atoms with van der Waals surface area (Å²) in [7, 11) is 3.29. The van der Waals surface area contributed by atoms with Gasteiger partial charge in [0.15, 0.2) is 6.61 Å². The summed E-state index contributed by atoms with van der Waals surface area (Å²) in [6.07, 6.45) is 1.86. The third-order valence-electron chi connectivity index (χ3n) is 4.10. The molecule has 0 aliphatic heterocycles. The number of likely N-dealkylation sites (N-methyl/N-ethyl adjacent to an activating group) is 1. The Morgan fingerprint density at radius 3 is 2.57 bits per heavy atom. The average Bonchev–Trinajstić information content (AvgIpc) is 2.70. The highest BCUT2D eigenvalue weighted by atomic mass is 16.5. The van der Waals surface area contributed by atoms with Gasteiger partial charge in [0.25, 0.3) is 11.8 Å². The molecule has 1 heterocycles. The number of benzene rings is 1. The van der Waals surface area contributed by atoms with Gasteiger partial charge >= 0.3 is 5.97 Å². The third kappa shape index (κ3) is 5.29. The van der Waals surface area contributed by atoms with Crippen LogP contribution in [0.1, 0.15) is 45.8 Å². The molecule has 0 radical (unpaired) electrons. The maximum Gasteiger partial charge on any atom is 0.354 e. The van der Waals surface area contributed by atoms with Gasteiger partial charge in [-0.05, 0) is 24.6 Å². The van der Waals surface area contributed by atoms with Gasteiger partial charge in [-0.1, -0.05) is 25.1 Å². The Balaban J connectivity index is 2.19. The zero-order valence-electron chi connectivity index (χ0n) is 16.0. The second-order valence-electron chi connectivity index (χ2n) is 6.28. The molecule has 148 valence electrons. The van der Waals surface area contributed by atoms with Crippen molar-refractivity contribution in [2.45, 2.75) is 19.4 Å². The van der Waals surface area contributed by atoms with Gasteiger partial charge in [-0.15, -0.1) is 0 Å². The molecule has 0 saturated carbocycles. The van der Waals surface area contributed by atoms with Gasteiger partial charge in [-0.25, -0.2) is 9.78 Å². The highest BCUT2D eigenvalue weighted by Gasteiger charge is 2.19. The largest absolute Gasteiger partial charge is 0.483 e. The lowest BCUT2D eigenvalue weighted by Gasteiger charge is -2.21. The smallest absolute Gasteiger partial charge is 0.354 e. The summed E-state index contributed by atoms with van der Waals surface area (Å²) in [4.78, 5) is 40.6. The van der Waals surface area contributed by atoms with Crippen LogP contribution in [-0.2, 0) is 4.79 Å². The van der Waals surface area contributed by atoms with Gasteiger partial charge in [0.2, 0.25) is 0 Å². The molecule has 1 aromatic heterocycles. The van der Waals surface area contributed by atoms with Crippen molar-refractivity contribution in [3.05, 3.63) is 59.4 Å². The third-order valence-corrected chi connectivity index (χ3v) is 4.10. The van der Waals surface area contributed by atoms with E-state index in [1.807, 2.05) is 19.1 Å². The van der Waals surface area contributed by atoms with Crippen molar-refractivity contribution >= 4 is 17.8 Å². The average molecular weight is 385 g/mol. The number of nitrogens with one attached hydrogen (secondary N) is 1. The van der Waals surface area contributed by atoms with Gasteiger partial charge in [-0.3, -0.25) is 9.59 Å². The second-order valence-corrected chi connectivity index (χ2v) is 6.28. The van der Waals surface area contributed by atoms with E-state index in [9.17, 15) is 14.4 Å². The Morgan fingerprint density at radius 2 is 1.93 bits per heavy atom. The standard InChI is InChI=1S/C20H23N3O5/c1-4-15(22-19(25)13-9-10-21-16(11-13)20(26)27)14-7-5-6-8-17(14)28-12-18(24)23(2)3/h5-11,15H,4,12H2,1-3H3,(H,22,25)(H,26,27). The van der Waals surface area contributed by atoms with Crippen LogP contribution in [0.15, 0.2) is 42.6 Å². The Bertz CT molecular complexity index is 866. The molecule has 2 aromatic rings.